The molecule has 0 aliphatic heterocycles. The van der Waals surface area contributed by atoms with E-state index in [9.17, 15) is 13.9 Å². The highest BCUT2D eigenvalue weighted by molar-refractivity contribution is 5.23. The Morgan fingerprint density at radius 3 is 2.29 bits per heavy atom. The van der Waals surface area contributed by atoms with Crippen LogP contribution >= 0.6 is 0 Å². The quantitative estimate of drug-likeness (QED) is 0.819. The van der Waals surface area contributed by atoms with Gasteiger partial charge in [-0.25, -0.2) is 8.78 Å². The first-order valence-corrected chi connectivity index (χ1v) is 8.26. The highest BCUT2D eigenvalue weighted by Crippen LogP contribution is 2.45. The zero-order chi connectivity index (χ0) is 14.9. The fourth-order valence-corrected chi connectivity index (χ4v) is 4.35. The minimum Gasteiger partial charge on any atom is -0.390 e. The Morgan fingerprint density at radius 1 is 0.952 bits per heavy atom. The first kappa shape index (κ1) is 15.0. The lowest BCUT2D eigenvalue weighted by molar-refractivity contribution is -0.0627. The summed E-state index contributed by atoms with van der Waals surface area (Å²) in [6.07, 6.45) is 8.86. The van der Waals surface area contributed by atoms with Gasteiger partial charge in [-0.1, -0.05) is 31.4 Å². The maximum absolute atomic E-state index is 13.9. The van der Waals surface area contributed by atoms with Gasteiger partial charge in [-0.15, -0.1) is 0 Å². The lowest BCUT2D eigenvalue weighted by Crippen LogP contribution is -2.41. The molecule has 0 amide bonds. The van der Waals surface area contributed by atoms with Crippen LogP contribution in [-0.4, -0.2) is 10.7 Å². The van der Waals surface area contributed by atoms with Gasteiger partial charge < -0.3 is 5.11 Å². The number of hydrogen-bond donors (Lipinski definition) is 1. The summed E-state index contributed by atoms with van der Waals surface area (Å²) in [5.74, 6) is -0.993. The molecule has 2 aliphatic carbocycles. The van der Waals surface area contributed by atoms with Crippen molar-refractivity contribution in [2.24, 2.45) is 5.92 Å². The van der Waals surface area contributed by atoms with Crippen LogP contribution in [0.1, 0.15) is 69.3 Å². The van der Waals surface area contributed by atoms with Gasteiger partial charge in [0.2, 0.25) is 0 Å². The van der Waals surface area contributed by atoms with E-state index in [-0.39, 0.29) is 5.92 Å². The third kappa shape index (κ3) is 2.98. The van der Waals surface area contributed by atoms with Gasteiger partial charge in [0.1, 0.15) is 0 Å². The molecule has 1 aromatic rings. The van der Waals surface area contributed by atoms with Crippen molar-refractivity contribution >= 4 is 0 Å². The molecule has 0 heterocycles. The van der Waals surface area contributed by atoms with Crippen LogP contribution in [0, 0.1) is 17.6 Å². The van der Waals surface area contributed by atoms with Crippen molar-refractivity contribution < 1.29 is 13.9 Å². The van der Waals surface area contributed by atoms with E-state index >= 15 is 0 Å². The summed E-state index contributed by atoms with van der Waals surface area (Å²) in [5, 5.41) is 10.8. The van der Waals surface area contributed by atoms with Gasteiger partial charge in [0.25, 0.3) is 0 Å². The van der Waals surface area contributed by atoms with Crippen molar-refractivity contribution in [3.05, 3.63) is 35.4 Å². The number of hydrogen-bond acceptors (Lipinski definition) is 1. The molecule has 3 heteroatoms. The van der Waals surface area contributed by atoms with Crippen LogP contribution in [0.25, 0.3) is 0 Å². The van der Waals surface area contributed by atoms with Crippen molar-refractivity contribution in [2.75, 3.05) is 0 Å². The molecule has 0 unspecified atom stereocenters. The third-order valence-corrected chi connectivity index (χ3v) is 5.63. The van der Waals surface area contributed by atoms with Crippen molar-refractivity contribution in [2.45, 2.75) is 69.3 Å². The first-order chi connectivity index (χ1) is 10.1. The molecule has 0 radical (unpaired) electrons. The topological polar surface area (TPSA) is 20.2 Å². The summed E-state index contributed by atoms with van der Waals surface area (Å²) < 4.78 is 27.2. The molecule has 2 fully saturated rings. The molecule has 116 valence electrons. The molecule has 21 heavy (non-hydrogen) atoms. The second-order valence-corrected chi connectivity index (χ2v) is 6.86. The Bertz CT molecular complexity index is 486. The van der Waals surface area contributed by atoms with E-state index in [1.165, 1.54) is 12.5 Å². The molecule has 0 aromatic heterocycles. The van der Waals surface area contributed by atoms with Crippen LogP contribution in [0.2, 0.25) is 0 Å². The minimum absolute atomic E-state index is 0.101. The van der Waals surface area contributed by atoms with Crippen LogP contribution in [0.5, 0.6) is 0 Å². The monoisotopic (exact) mass is 294 g/mol. The van der Waals surface area contributed by atoms with Crippen LogP contribution in [0.15, 0.2) is 18.2 Å². The molecule has 1 aromatic carbocycles. The van der Waals surface area contributed by atoms with E-state index in [1.807, 2.05) is 0 Å². The van der Waals surface area contributed by atoms with E-state index in [0.29, 0.717) is 11.5 Å². The second-order valence-electron chi connectivity index (χ2n) is 6.86. The third-order valence-electron chi connectivity index (χ3n) is 5.63. The van der Waals surface area contributed by atoms with Gasteiger partial charge in [0.15, 0.2) is 11.6 Å². The summed E-state index contributed by atoms with van der Waals surface area (Å²) in [4.78, 5) is 0. The highest BCUT2D eigenvalue weighted by atomic mass is 19.2. The Hall–Kier alpha value is -0.960. The molecule has 0 bridgehead atoms. The van der Waals surface area contributed by atoms with E-state index in [1.54, 1.807) is 12.1 Å². The van der Waals surface area contributed by atoms with Gasteiger partial charge in [-0.3, -0.25) is 0 Å². The molecule has 0 saturated heterocycles. The van der Waals surface area contributed by atoms with Gasteiger partial charge in [-0.05, 0) is 62.0 Å². The zero-order valence-corrected chi connectivity index (χ0v) is 12.5. The lowest BCUT2D eigenvalue weighted by Gasteiger charge is -2.42. The van der Waals surface area contributed by atoms with Gasteiger partial charge in [0, 0.05) is 0 Å². The van der Waals surface area contributed by atoms with Gasteiger partial charge >= 0.3 is 0 Å². The number of rotatable bonds is 2. The number of halogens is 2. The van der Waals surface area contributed by atoms with E-state index in [0.717, 1.165) is 51.4 Å². The standard InChI is InChI=1S/C18H24F2O/c19-16-6-4-5-15(17(16)20)13-7-9-14(10-8-13)18(21)11-2-1-3-12-18/h4-6,13-14,21H,1-3,7-12H2. The maximum Gasteiger partial charge on any atom is 0.162 e. The lowest BCUT2D eigenvalue weighted by atomic mass is 9.67. The Balaban J connectivity index is 1.66. The Kier molecular flexibility index (Phi) is 4.30. The molecule has 3 rings (SSSR count). The van der Waals surface area contributed by atoms with Crippen LogP contribution in [-0.2, 0) is 0 Å². The zero-order valence-electron chi connectivity index (χ0n) is 12.5. The van der Waals surface area contributed by atoms with E-state index < -0.39 is 17.2 Å². The van der Waals surface area contributed by atoms with Crippen molar-refractivity contribution in [3.63, 3.8) is 0 Å². The molecular weight excluding hydrogens is 270 g/mol. The molecule has 2 saturated carbocycles. The van der Waals surface area contributed by atoms with Crippen LogP contribution in [0.3, 0.4) is 0 Å². The van der Waals surface area contributed by atoms with E-state index in [2.05, 4.69) is 0 Å². The Labute approximate surface area is 125 Å². The fraction of sp³-hybridized carbons (Fsp3) is 0.667. The van der Waals surface area contributed by atoms with Gasteiger partial charge in [-0.2, -0.15) is 0 Å². The summed E-state index contributed by atoms with van der Waals surface area (Å²) in [7, 11) is 0. The van der Waals surface area contributed by atoms with Gasteiger partial charge in [0.05, 0.1) is 5.60 Å². The summed E-state index contributed by atoms with van der Waals surface area (Å²) >= 11 is 0. The molecule has 0 atom stereocenters. The van der Waals surface area contributed by atoms with Crippen molar-refractivity contribution in [1.82, 2.24) is 0 Å². The van der Waals surface area contributed by atoms with Crippen LogP contribution in [0.4, 0.5) is 8.78 Å². The fourth-order valence-electron chi connectivity index (χ4n) is 4.35. The largest absolute Gasteiger partial charge is 0.390 e. The predicted molar refractivity (Wildman–Crippen MR) is 79.1 cm³/mol. The smallest absolute Gasteiger partial charge is 0.162 e. The SMILES string of the molecule is OC1(C2CCC(c3cccc(F)c3F)CC2)CCCCC1. The molecule has 2 aliphatic rings. The highest BCUT2D eigenvalue weighted by Gasteiger charge is 2.40. The predicted octanol–water partition coefficient (Wildman–Crippen LogP) is 4.93. The molecule has 1 N–H and O–H groups in total. The average molecular weight is 294 g/mol. The normalized spacial score (nSPS) is 29.3. The number of aliphatic hydroxyl groups is 1. The molecule has 0 spiro atoms. The average Bonchev–Trinajstić information content (AvgIpc) is 2.51. The maximum atomic E-state index is 13.9. The Morgan fingerprint density at radius 2 is 1.62 bits per heavy atom. The second kappa shape index (κ2) is 6.04. The molecular formula is C18H24F2O. The molecule has 1 nitrogen and oxygen atoms in total. The van der Waals surface area contributed by atoms with E-state index in [4.69, 9.17) is 0 Å². The minimum atomic E-state index is -0.750. The first-order valence-electron chi connectivity index (χ1n) is 8.26. The summed E-state index contributed by atoms with van der Waals surface area (Å²) in [6.45, 7) is 0. The summed E-state index contributed by atoms with van der Waals surface area (Å²) in [6, 6.07) is 4.47. The summed E-state index contributed by atoms with van der Waals surface area (Å²) in [5.41, 5.74) is 0.0213. The van der Waals surface area contributed by atoms with Crippen LogP contribution < -0.4 is 0 Å². The number of benzene rings is 1. The van der Waals surface area contributed by atoms with Crippen molar-refractivity contribution in [3.8, 4) is 0 Å². The van der Waals surface area contributed by atoms with Crippen molar-refractivity contribution in [1.29, 1.82) is 0 Å².